The second-order valence-electron chi connectivity index (χ2n) is 9.72. The van der Waals surface area contributed by atoms with E-state index in [2.05, 4.69) is 67.6 Å². The number of nitrogens with zero attached hydrogens (tertiary/aromatic N) is 6. The number of piperidine rings is 1. The molecule has 0 radical (unpaired) electrons. The number of hydrogen-bond donors (Lipinski definition) is 1. The lowest BCUT2D eigenvalue weighted by atomic mass is 9.97. The largest absolute Gasteiger partial charge is 0.367 e. The van der Waals surface area contributed by atoms with E-state index in [1.54, 1.807) is 12.4 Å². The van der Waals surface area contributed by atoms with E-state index in [0.717, 1.165) is 65.8 Å². The molecule has 192 valence electrons. The number of hydrogen-bond acceptors (Lipinski definition) is 7. The van der Waals surface area contributed by atoms with Crippen molar-refractivity contribution in [2.75, 3.05) is 18.4 Å². The van der Waals surface area contributed by atoms with Gasteiger partial charge >= 0.3 is 0 Å². The van der Waals surface area contributed by atoms with E-state index in [0.29, 0.717) is 17.0 Å². The summed E-state index contributed by atoms with van der Waals surface area (Å²) in [6.07, 6.45) is 5.43. The van der Waals surface area contributed by atoms with Crippen LogP contribution in [-0.2, 0) is 6.54 Å². The van der Waals surface area contributed by atoms with Crippen LogP contribution in [0.15, 0.2) is 85.2 Å². The lowest BCUT2D eigenvalue weighted by Crippen LogP contribution is -2.38. The quantitative estimate of drug-likeness (QED) is 0.255. The summed E-state index contributed by atoms with van der Waals surface area (Å²) in [5, 5.41) is 13.9. The number of nitriles is 1. The first-order valence-corrected chi connectivity index (χ1v) is 13.4. The fourth-order valence-corrected chi connectivity index (χ4v) is 5.22. The second-order valence-corrected chi connectivity index (χ2v) is 10.1. The van der Waals surface area contributed by atoms with Crippen molar-refractivity contribution in [2.45, 2.75) is 25.4 Å². The molecule has 4 heterocycles. The number of aromatic nitrogens is 4. The van der Waals surface area contributed by atoms with Gasteiger partial charge in [0.1, 0.15) is 17.0 Å². The smallest absolute Gasteiger partial charge is 0.234 e. The van der Waals surface area contributed by atoms with Crippen molar-refractivity contribution < 1.29 is 0 Å². The predicted molar refractivity (Wildman–Crippen MR) is 154 cm³/mol. The van der Waals surface area contributed by atoms with E-state index in [1.807, 2.05) is 36.4 Å². The summed E-state index contributed by atoms with van der Waals surface area (Å²) in [7, 11) is 0. The molecule has 1 aliphatic heterocycles. The van der Waals surface area contributed by atoms with Crippen molar-refractivity contribution in [3.05, 3.63) is 102 Å². The van der Waals surface area contributed by atoms with Gasteiger partial charge in [0.25, 0.3) is 0 Å². The Morgan fingerprint density at radius 2 is 1.72 bits per heavy atom. The number of rotatable bonds is 6. The third kappa shape index (κ3) is 5.73. The van der Waals surface area contributed by atoms with Crippen LogP contribution in [0.4, 0.5) is 5.82 Å². The van der Waals surface area contributed by atoms with Crippen LogP contribution in [0.3, 0.4) is 0 Å². The van der Waals surface area contributed by atoms with Crippen molar-refractivity contribution in [3.8, 4) is 28.5 Å². The molecule has 1 aliphatic rings. The number of halogens is 1. The number of fused-ring (bicyclic) bond motifs is 1. The average molecular weight is 532 g/mol. The van der Waals surface area contributed by atoms with Crippen LogP contribution in [0, 0.1) is 11.3 Å². The summed E-state index contributed by atoms with van der Waals surface area (Å²) < 4.78 is 0. The lowest BCUT2D eigenvalue weighted by molar-refractivity contribution is 0.211. The summed E-state index contributed by atoms with van der Waals surface area (Å²) in [6, 6.07) is 27.1. The molecule has 1 fully saturated rings. The Hall–Kier alpha value is -4.38. The van der Waals surface area contributed by atoms with Gasteiger partial charge in [-0.3, -0.25) is 4.90 Å². The SMILES string of the molecule is N#Cc1nccc(NC2CCN(Cc3ccc(-c4nc5cc(Cl)ncc5cc4-c4ccccc4)cc3)CC2)n1. The molecule has 1 saturated heterocycles. The topological polar surface area (TPSA) is 90.6 Å². The molecular weight excluding hydrogens is 506 g/mol. The van der Waals surface area contributed by atoms with Gasteiger partial charge in [-0.15, -0.1) is 0 Å². The average Bonchev–Trinajstić information content (AvgIpc) is 2.98. The maximum atomic E-state index is 9.02. The first kappa shape index (κ1) is 24.9. The lowest BCUT2D eigenvalue weighted by Gasteiger charge is -2.32. The first-order valence-electron chi connectivity index (χ1n) is 13.0. The fraction of sp³-hybridized carbons (Fsp3) is 0.194. The maximum absolute atomic E-state index is 9.02. The molecule has 0 amide bonds. The van der Waals surface area contributed by atoms with Crippen LogP contribution in [0.2, 0.25) is 5.15 Å². The van der Waals surface area contributed by atoms with Crippen molar-refractivity contribution in [2.24, 2.45) is 0 Å². The minimum Gasteiger partial charge on any atom is -0.367 e. The summed E-state index contributed by atoms with van der Waals surface area (Å²) in [6.45, 7) is 2.89. The number of nitrogens with one attached hydrogen (secondary N) is 1. The fourth-order valence-electron chi connectivity index (χ4n) is 5.06. The van der Waals surface area contributed by atoms with Gasteiger partial charge in [-0.1, -0.05) is 66.2 Å². The molecule has 0 bridgehead atoms. The summed E-state index contributed by atoms with van der Waals surface area (Å²) in [4.78, 5) is 19.9. The molecule has 6 rings (SSSR count). The third-order valence-electron chi connectivity index (χ3n) is 7.08. The highest BCUT2D eigenvalue weighted by Gasteiger charge is 2.20. The summed E-state index contributed by atoms with van der Waals surface area (Å²) in [5.74, 6) is 0.905. The molecule has 39 heavy (non-hydrogen) atoms. The van der Waals surface area contributed by atoms with E-state index in [9.17, 15) is 0 Å². The van der Waals surface area contributed by atoms with Crippen LogP contribution in [0.1, 0.15) is 24.2 Å². The highest BCUT2D eigenvalue weighted by Crippen LogP contribution is 2.34. The zero-order valence-corrected chi connectivity index (χ0v) is 22.0. The van der Waals surface area contributed by atoms with E-state index in [4.69, 9.17) is 21.8 Å². The Kier molecular flexibility index (Phi) is 7.13. The van der Waals surface area contributed by atoms with Crippen LogP contribution < -0.4 is 5.32 Å². The van der Waals surface area contributed by atoms with E-state index in [1.165, 1.54) is 5.56 Å². The first-order chi connectivity index (χ1) is 19.1. The molecule has 7 nitrogen and oxygen atoms in total. The molecule has 0 aliphatic carbocycles. The Morgan fingerprint density at radius 3 is 2.49 bits per heavy atom. The van der Waals surface area contributed by atoms with Gasteiger partial charge in [-0.25, -0.2) is 19.9 Å². The molecule has 0 unspecified atom stereocenters. The minimum absolute atomic E-state index is 0.191. The Bertz CT molecular complexity index is 1640. The Labute approximate surface area is 232 Å². The van der Waals surface area contributed by atoms with Crippen LogP contribution in [-0.4, -0.2) is 44.0 Å². The monoisotopic (exact) mass is 531 g/mol. The number of benzene rings is 2. The normalized spacial score (nSPS) is 14.3. The third-order valence-corrected chi connectivity index (χ3v) is 7.29. The second kappa shape index (κ2) is 11.2. The van der Waals surface area contributed by atoms with Crippen molar-refractivity contribution in [3.63, 3.8) is 0 Å². The van der Waals surface area contributed by atoms with Crippen LogP contribution in [0.5, 0.6) is 0 Å². The van der Waals surface area contributed by atoms with E-state index >= 15 is 0 Å². The molecule has 2 aromatic carbocycles. The summed E-state index contributed by atoms with van der Waals surface area (Å²) in [5.41, 5.74) is 6.28. The summed E-state index contributed by atoms with van der Waals surface area (Å²) >= 11 is 6.17. The van der Waals surface area contributed by atoms with Crippen molar-refractivity contribution >= 4 is 28.3 Å². The van der Waals surface area contributed by atoms with Gasteiger partial charge in [-0.2, -0.15) is 5.26 Å². The Morgan fingerprint density at radius 1 is 0.923 bits per heavy atom. The zero-order valence-electron chi connectivity index (χ0n) is 21.3. The highest BCUT2D eigenvalue weighted by molar-refractivity contribution is 6.30. The van der Waals surface area contributed by atoms with Crippen molar-refractivity contribution in [1.29, 1.82) is 5.26 Å². The molecule has 1 N–H and O–H groups in total. The molecular formula is C31H26ClN7. The number of likely N-dealkylation sites (tertiary alicyclic amines) is 1. The van der Waals surface area contributed by atoms with Gasteiger partial charge in [0.05, 0.1) is 11.2 Å². The Balaban J connectivity index is 1.16. The predicted octanol–water partition coefficient (Wildman–Crippen LogP) is 6.36. The molecule has 0 saturated carbocycles. The zero-order chi connectivity index (χ0) is 26.6. The minimum atomic E-state index is 0.191. The standard InChI is InChI=1S/C31H26ClN7/c32-28-17-27-24(19-35-28)16-26(22-4-2-1-3-5-22)31(37-27)23-8-6-21(7-9-23)20-39-14-11-25(12-15-39)36-29-10-13-34-30(18-33)38-29/h1-10,13,16-17,19,25H,11-12,14-15,20H2,(H,34,36,38). The maximum Gasteiger partial charge on any atom is 0.234 e. The van der Waals surface area contributed by atoms with Crippen LogP contribution in [0.25, 0.3) is 33.3 Å². The molecule has 5 aromatic rings. The van der Waals surface area contributed by atoms with E-state index < -0.39 is 0 Å². The molecule has 0 atom stereocenters. The van der Waals surface area contributed by atoms with Gasteiger partial charge < -0.3 is 5.32 Å². The number of pyridine rings is 2. The van der Waals surface area contributed by atoms with Crippen LogP contribution >= 0.6 is 11.6 Å². The van der Waals surface area contributed by atoms with E-state index in [-0.39, 0.29) is 5.82 Å². The highest BCUT2D eigenvalue weighted by atomic mass is 35.5. The van der Waals surface area contributed by atoms with Gasteiger partial charge in [0.2, 0.25) is 5.82 Å². The van der Waals surface area contributed by atoms with Gasteiger partial charge in [0.15, 0.2) is 0 Å². The molecule has 8 heteroatoms. The van der Waals surface area contributed by atoms with Crippen molar-refractivity contribution in [1.82, 2.24) is 24.8 Å². The van der Waals surface area contributed by atoms with Gasteiger partial charge in [0, 0.05) is 60.6 Å². The molecule has 3 aromatic heterocycles. The molecule has 0 spiro atoms. The number of anilines is 1. The van der Waals surface area contributed by atoms with Gasteiger partial charge in [-0.05, 0) is 36.1 Å².